The van der Waals surface area contributed by atoms with Crippen LogP contribution in [0, 0.1) is 0 Å². The zero-order chi connectivity index (χ0) is 15.0. The van der Waals surface area contributed by atoms with Crippen molar-refractivity contribution in [2.45, 2.75) is 11.5 Å². The van der Waals surface area contributed by atoms with Crippen LogP contribution in [0.2, 0.25) is 0 Å². The number of hydrogen-bond acceptors (Lipinski definition) is 4. The molecule has 0 saturated heterocycles. The number of likely N-dealkylation sites (N-methyl/N-ethyl adjacent to an activating group) is 1. The third-order valence-corrected chi connectivity index (χ3v) is 5.47. The van der Waals surface area contributed by atoms with E-state index in [-0.39, 0.29) is 11.5 Å². The second-order valence-corrected chi connectivity index (χ2v) is 6.87. The molecule has 0 aliphatic carbocycles. The van der Waals surface area contributed by atoms with Crippen molar-refractivity contribution in [2.24, 2.45) is 0 Å². The van der Waals surface area contributed by atoms with Gasteiger partial charge in [-0.1, -0.05) is 12.1 Å². The van der Waals surface area contributed by atoms with Gasteiger partial charge in [0.05, 0.1) is 24.5 Å². The molecule has 1 aliphatic heterocycles. The molecule has 1 aromatic carbocycles. The van der Waals surface area contributed by atoms with Gasteiger partial charge in [-0.05, 0) is 18.2 Å². The summed E-state index contributed by atoms with van der Waals surface area (Å²) >= 11 is 0. The SMILES string of the molecule is CN1CCN(S(=O)(=O)c2c[nH]c(CO)c2)c2ccccc21. The Morgan fingerprint density at radius 1 is 1.24 bits per heavy atom. The molecule has 2 aromatic rings. The number of H-pyrrole nitrogens is 1. The van der Waals surface area contributed by atoms with Crippen molar-refractivity contribution < 1.29 is 13.5 Å². The summed E-state index contributed by atoms with van der Waals surface area (Å²) in [4.78, 5) is 4.98. The van der Waals surface area contributed by atoms with E-state index in [0.29, 0.717) is 24.5 Å². The Kier molecular flexibility index (Phi) is 3.38. The average Bonchev–Trinajstić information content (AvgIpc) is 2.97. The van der Waals surface area contributed by atoms with Gasteiger partial charge in [-0.25, -0.2) is 8.42 Å². The number of benzene rings is 1. The molecule has 0 atom stereocenters. The first-order valence-electron chi connectivity index (χ1n) is 6.65. The first-order chi connectivity index (χ1) is 10.0. The maximum Gasteiger partial charge on any atom is 0.265 e. The molecule has 6 nitrogen and oxygen atoms in total. The number of aliphatic hydroxyl groups excluding tert-OH is 1. The van der Waals surface area contributed by atoms with Crippen LogP contribution in [0.25, 0.3) is 0 Å². The standard InChI is InChI=1S/C14H17N3O3S/c1-16-6-7-17(14-5-3-2-4-13(14)16)21(19,20)12-8-11(10-18)15-9-12/h2-5,8-9,15,18H,6-7,10H2,1H3. The molecule has 0 spiro atoms. The number of sulfonamides is 1. The molecule has 0 saturated carbocycles. The van der Waals surface area contributed by atoms with E-state index in [1.54, 1.807) is 0 Å². The van der Waals surface area contributed by atoms with Gasteiger partial charge in [0, 0.05) is 25.5 Å². The van der Waals surface area contributed by atoms with Crippen molar-refractivity contribution in [1.82, 2.24) is 4.98 Å². The number of nitrogens with zero attached hydrogens (tertiary/aromatic N) is 2. The highest BCUT2D eigenvalue weighted by Gasteiger charge is 2.31. The zero-order valence-electron chi connectivity index (χ0n) is 11.7. The number of fused-ring (bicyclic) bond motifs is 1. The minimum absolute atomic E-state index is 0.172. The molecular formula is C14H17N3O3S. The zero-order valence-corrected chi connectivity index (χ0v) is 12.5. The van der Waals surface area contributed by atoms with Crippen molar-refractivity contribution in [3.8, 4) is 0 Å². The highest BCUT2D eigenvalue weighted by molar-refractivity contribution is 7.92. The van der Waals surface area contributed by atoms with Gasteiger partial charge in [0.1, 0.15) is 4.90 Å². The van der Waals surface area contributed by atoms with Crippen molar-refractivity contribution in [2.75, 3.05) is 29.3 Å². The number of aliphatic hydroxyl groups is 1. The number of nitrogens with one attached hydrogen (secondary N) is 1. The molecule has 1 aromatic heterocycles. The molecule has 0 radical (unpaired) electrons. The molecule has 0 fully saturated rings. The number of para-hydroxylation sites is 2. The lowest BCUT2D eigenvalue weighted by atomic mass is 10.2. The Balaban J connectivity index is 2.06. The summed E-state index contributed by atoms with van der Waals surface area (Å²) in [5, 5.41) is 9.07. The van der Waals surface area contributed by atoms with E-state index in [1.807, 2.05) is 36.2 Å². The first kappa shape index (κ1) is 14.0. The van der Waals surface area contributed by atoms with Gasteiger partial charge in [-0.2, -0.15) is 0 Å². The summed E-state index contributed by atoms with van der Waals surface area (Å²) in [7, 11) is -1.68. The number of hydrogen-bond donors (Lipinski definition) is 2. The highest BCUT2D eigenvalue weighted by atomic mass is 32.2. The molecule has 112 valence electrons. The minimum Gasteiger partial charge on any atom is -0.390 e. The quantitative estimate of drug-likeness (QED) is 0.892. The Labute approximate surface area is 123 Å². The van der Waals surface area contributed by atoms with Gasteiger partial charge >= 0.3 is 0 Å². The normalized spacial score (nSPS) is 15.1. The second kappa shape index (κ2) is 5.09. The minimum atomic E-state index is -3.62. The number of aromatic amines is 1. The van der Waals surface area contributed by atoms with Crippen LogP contribution in [0.3, 0.4) is 0 Å². The van der Waals surface area contributed by atoms with Gasteiger partial charge in [0.25, 0.3) is 10.0 Å². The Morgan fingerprint density at radius 2 is 1.95 bits per heavy atom. The van der Waals surface area contributed by atoms with Crippen molar-refractivity contribution in [3.63, 3.8) is 0 Å². The summed E-state index contributed by atoms with van der Waals surface area (Å²) < 4.78 is 27.0. The topological polar surface area (TPSA) is 76.6 Å². The molecule has 7 heteroatoms. The van der Waals surface area contributed by atoms with Crippen LogP contribution < -0.4 is 9.21 Å². The van der Waals surface area contributed by atoms with Crippen molar-refractivity contribution >= 4 is 21.4 Å². The monoisotopic (exact) mass is 307 g/mol. The van der Waals surface area contributed by atoms with Crippen LogP contribution in [0.15, 0.2) is 41.4 Å². The number of anilines is 2. The Morgan fingerprint density at radius 3 is 2.62 bits per heavy atom. The molecule has 0 unspecified atom stereocenters. The van der Waals surface area contributed by atoms with E-state index >= 15 is 0 Å². The molecule has 0 amide bonds. The van der Waals surface area contributed by atoms with E-state index in [2.05, 4.69) is 4.98 Å². The van der Waals surface area contributed by atoms with Gasteiger partial charge in [-0.15, -0.1) is 0 Å². The summed E-state index contributed by atoms with van der Waals surface area (Å²) in [6, 6.07) is 8.91. The van der Waals surface area contributed by atoms with Crippen LogP contribution in [0.1, 0.15) is 5.69 Å². The van der Waals surface area contributed by atoms with Crippen LogP contribution in [0.5, 0.6) is 0 Å². The third kappa shape index (κ3) is 2.28. The lowest BCUT2D eigenvalue weighted by Crippen LogP contribution is -2.42. The average molecular weight is 307 g/mol. The molecular weight excluding hydrogens is 290 g/mol. The van der Waals surface area contributed by atoms with E-state index in [0.717, 1.165) is 5.69 Å². The number of aromatic nitrogens is 1. The summed E-state index contributed by atoms with van der Waals surface area (Å²) in [6.45, 7) is 0.817. The van der Waals surface area contributed by atoms with Crippen LogP contribution >= 0.6 is 0 Å². The second-order valence-electron chi connectivity index (χ2n) is 5.01. The summed E-state index contributed by atoms with van der Waals surface area (Å²) in [6.07, 6.45) is 1.42. The summed E-state index contributed by atoms with van der Waals surface area (Å²) in [5.41, 5.74) is 2.05. The van der Waals surface area contributed by atoms with Gasteiger partial charge < -0.3 is 15.0 Å². The molecule has 0 bridgehead atoms. The molecule has 1 aliphatic rings. The predicted octanol–water partition coefficient (Wildman–Crippen LogP) is 1.15. The maximum absolute atomic E-state index is 12.8. The molecule has 3 rings (SSSR count). The third-order valence-electron chi connectivity index (χ3n) is 3.67. The van der Waals surface area contributed by atoms with Crippen LogP contribution in [-0.2, 0) is 16.6 Å². The fourth-order valence-corrected chi connectivity index (χ4v) is 4.00. The Bertz CT molecular complexity index is 754. The Hall–Kier alpha value is -1.99. The van der Waals surface area contributed by atoms with Gasteiger partial charge in [-0.3, -0.25) is 4.31 Å². The van der Waals surface area contributed by atoms with Crippen molar-refractivity contribution in [3.05, 3.63) is 42.2 Å². The smallest absolute Gasteiger partial charge is 0.265 e. The molecule has 2 heterocycles. The maximum atomic E-state index is 12.8. The van der Waals surface area contributed by atoms with E-state index in [9.17, 15) is 8.42 Å². The van der Waals surface area contributed by atoms with E-state index in [4.69, 9.17) is 5.11 Å². The fraction of sp³-hybridized carbons (Fsp3) is 0.286. The van der Waals surface area contributed by atoms with Gasteiger partial charge in [0.2, 0.25) is 0 Å². The lowest BCUT2D eigenvalue weighted by Gasteiger charge is -2.35. The van der Waals surface area contributed by atoms with Crippen LogP contribution in [-0.4, -0.2) is 38.6 Å². The predicted molar refractivity (Wildman–Crippen MR) is 81.0 cm³/mol. The lowest BCUT2D eigenvalue weighted by molar-refractivity contribution is 0.277. The largest absolute Gasteiger partial charge is 0.390 e. The van der Waals surface area contributed by atoms with E-state index < -0.39 is 10.0 Å². The fourth-order valence-electron chi connectivity index (χ4n) is 2.52. The molecule has 21 heavy (non-hydrogen) atoms. The van der Waals surface area contributed by atoms with Crippen molar-refractivity contribution in [1.29, 1.82) is 0 Å². The van der Waals surface area contributed by atoms with Gasteiger partial charge in [0.15, 0.2) is 0 Å². The first-order valence-corrected chi connectivity index (χ1v) is 8.09. The molecule has 2 N–H and O–H groups in total. The number of rotatable bonds is 3. The van der Waals surface area contributed by atoms with E-state index in [1.165, 1.54) is 16.6 Å². The summed E-state index contributed by atoms with van der Waals surface area (Å²) in [5.74, 6) is 0. The van der Waals surface area contributed by atoms with Crippen LogP contribution in [0.4, 0.5) is 11.4 Å². The highest BCUT2D eigenvalue weighted by Crippen LogP contribution is 2.35.